The van der Waals surface area contributed by atoms with Crippen molar-refractivity contribution >= 4 is 0 Å². The predicted octanol–water partition coefficient (Wildman–Crippen LogP) is 5.35. The highest BCUT2D eigenvalue weighted by molar-refractivity contribution is 4.95. The minimum atomic E-state index is 0.0156. The maximum Gasteiger partial charge on any atom is 0.0598 e. The van der Waals surface area contributed by atoms with E-state index in [2.05, 4.69) is 53.7 Å². The van der Waals surface area contributed by atoms with Gasteiger partial charge in [-0.25, -0.2) is 0 Å². The zero-order valence-electron chi connectivity index (χ0n) is 13.3. The zero-order valence-corrected chi connectivity index (χ0v) is 13.3. The molecule has 0 atom stereocenters. The molecule has 0 heterocycles. The number of unbranched alkanes of at least 4 members (excludes halogenated alkanes) is 1. The fourth-order valence-corrected chi connectivity index (χ4v) is 2.04. The standard InChI is InChI=1S/C17H32O/c1-15(2,3)10-8-7-9-11-17(12-13-17)14-18-16(4,5)6/h8,10H,7,9,11-14H2,1-6H3/b10-8+. The summed E-state index contributed by atoms with van der Waals surface area (Å²) in [6.45, 7) is 14.2. The highest BCUT2D eigenvalue weighted by atomic mass is 16.5. The van der Waals surface area contributed by atoms with E-state index in [4.69, 9.17) is 4.74 Å². The second-order valence-corrected chi connectivity index (χ2v) is 8.06. The van der Waals surface area contributed by atoms with Gasteiger partial charge in [-0.2, -0.15) is 0 Å². The molecule has 1 rings (SSSR count). The summed E-state index contributed by atoms with van der Waals surface area (Å²) in [4.78, 5) is 0. The summed E-state index contributed by atoms with van der Waals surface area (Å²) in [5.41, 5.74) is 0.872. The molecule has 0 radical (unpaired) electrons. The smallest absolute Gasteiger partial charge is 0.0598 e. The minimum Gasteiger partial charge on any atom is -0.375 e. The van der Waals surface area contributed by atoms with Crippen LogP contribution in [0.15, 0.2) is 12.2 Å². The number of rotatable bonds is 6. The maximum atomic E-state index is 5.95. The molecule has 0 unspecified atom stereocenters. The summed E-state index contributed by atoms with van der Waals surface area (Å²) in [5.74, 6) is 0. The van der Waals surface area contributed by atoms with Crippen LogP contribution in [0.3, 0.4) is 0 Å². The van der Waals surface area contributed by atoms with Gasteiger partial charge in [0.05, 0.1) is 12.2 Å². The Morgan fingerprint density at radius 2 is 1.67 bits per heavy atom. The van der Waals surface area contributed by atoms with Crippen LogP contribution in [0.1, 0.15) is 73.6 Å². The van der Waals surface area contributed by atoms with E-state index in [1.165, 1.54) is 32.1 Å². The highest BCUT2D eigenvalue weighted by Crippen LogP contribution is 2.50. The Bertz CT molecular complexity index is 271. The zero-order chi connectivity index (χ0) is 13.9. The van der Waals surface area contributed by atoms with E-state index in [9.17, 15) is 0 Å². The Kier molecular flexibility index (Phi) is 5.05. The molecule has 1 fully saturated rings. The molecule has 1 aliphatic carbocycles. The van der Waals surface area contributed by atoms with Gasteiger partial charge in [0.1, 0.15) is 0 Å². The van der Waals surface area contributed by atoms with Gasteiger partial charge in [0.25, 0.3) is 0 Å². The van der Waals surface area contributed by atoms with E-state index in [1.54, 1.807) is 0 Å². The fraction of sp³-hybridized carbons (Fsp3) is 0.882. The SMILES string of the molecule is CC(C)(C)/C=C/CCCC1(COC(C)(C)C)CC1. The van der Waals surface area contributed by atoms with Crippen LogP contribution in [-0.4, -0.2) is 12.2 Å². The fourth-order valence-electron chi connectivity index (χ4n) is 2.04. The van der Waals surface area contributed by atoms with Gasteiger partial charge < -0.3 is 4.74 Å². The second kappa shape index (κ2) is 5.77. The van der Waals surface area contributed by atoms with E-state index in [0.717, 1.165) is 6.61 Å². The van der Waals surface area contributed by atoms with Gasteiger partial charge in [0.15, 0.2) is 0 Å². The van der Waals surface area contributed by atoms with Gasteiger partial charge in [-0.1, -0.05) is 32.9 Å². The number of hydrogen-bond donors (Lipinski definition) is 0. The Balaban J connectivity index is 2.17. The molecule has 1 saturated carbocycles. The molecule has 0 amide bonds. The molecule has 106 valence electrons. The lowest BCUT2D eigenvalue weighted by Gasteiger charge is -2.24. The average molecular weight is 252 g/mol. The lowest BCUT2D eigenvalue weighted by Crippen LogP contribution is -2.24. The van der Waals surface area contributed by atoms with Crippen molar-refractivity contribution in [3.05, 3.63) is 12.2 Å². The first kappa shape index (κ1) is 15.8. The summed E-state index contributed by atoms with van der Waals surface area (Å²) in [7, 11) is 0. The normalized spacial score (nSPS) is 19.4. The summed E-state index contributed by atoms with van der Waals surface area (Å²) in [6, 6.07) is 0. The molecule has 0 N–H and O–H groups in total. The van der Waals surface area contributed by atoms with Gasteiger partial charge in [0.2, 0.25) is 0 Å². The van der Waals surface area contributed by atoms with Crippen LogP contribution in [0.5, 0.6) is 0 Å². The van der Waals surface area contributed by atoms with Crippen molar-refractivity contribution in [1.82, 2.24) is 0 Å². The van der Waals surface area contributed by atoms with Crippen molar-refractivity contribution in [2.45, 2.75) is 79.2 Å². The molecule has 0 aromatic heterocycles. The van der Waals surface area contributed by atoms with Crippen LogP contribution in [0.2, 0.25) is 0 Å². The first-order chi connectivity index (χ1) is 8.12. The predicted molar refractivity (Wildman–Crippen MR) is 79.8 cm³/mol. The first-order valence-electron chi connectivity index (χ1n) is 7.44. The summed E-state index contributed by atoms with van der Waals surface area (Å²) in [5, 5.41) is 0. The quantitative estimate of drug-likeness (QED) is 0.457. The van der Waals surface area contributed by atoms with Crippen molar-refractivity contribution < 1.29 is 4.74 Å². The number of ether oxygens (including phenoxy) is 1. The Hall–Kier alpha value is -0.300. The molecule has 0 saturated heterocycles. The van der Waals surface area contributed by atoms with Crippen molar-refractivity contribution in [3.8, 4) is 0 Å². The molecular weight excluding hydrogens is 220 g/mol. The third-order valence-corrected chi connectivity index (χ3v) is 3.46. The minimum absolute atomic E-state index is 0.0156. The maximum absolute atomic E-state index is 5.95. The van der Waals surface area contributed by atoms with Gasteiger partial charge in [0, 0.05) is 0 Å². The van der Waals surface area contributed by atoms with Gasteiger partial charge in [-0.05, 0) is 63.7 Å². The Morgan fingerprint density at radius 1 is 1.06 bits per heavy atom. The van der Waals surface area contributed by atoms with Crippen LogP contribution in [-0.2, 0) is 4.74 Å². The molecule has 18 heavy (non-hydrogen) atoms. The van der Waals surface area contributed by atoms with E-state index in [-0.39, 0.29) is 5.60 Å². The van der Waals surface area contributed by atoms with Crippen molar-refractivity contribution in [3.63, 3.8) is 0 Å². The van der Waals surface area contributed by atoms with Gasteiger partial charge in [-0.3, -0.25) is 0 Å². The van der Waals surface area contributed by atoms with Gasteiger partial charge >= 0.3 is 0 Å². The summed E-state index contributed by atoms with van der Waals surface area (Å²) >= 11 is 0. The van der Waals surface area contributed by atoms with Crippen LogP contribution >= 0.6 is 0 Å². The number of allylic oxidation sites excluding steroid dienone is 2. The van der Waals surface area contributed by atoms with Gasteiger partial charge in [-0.15, -0.1) is 0 Å². The first-order valence-corrected chi connectivity index (χ1v) is 7.44. The van der Waals surface area contributed by atoms with Crippen molar-refractivity contribution in [2.24, 2.45) is 10.8 Å². The van der Waals surface area contributed by atoms with Crippen molar-refractivity contribution in [2.75, 3.05) is 6.61 Å². The second-order valence-electron chi connectivity index (χ2n) is 8.06. The Labute approximate surface area is 114 Å². The molecule has 0 aromatic carbocycles. The highest BCUT2D eigenvalue weighted by Gasteiger charge is 2.42. The van der Waals surface area contributed by atoms with E-state index >= 15 is 0 Å². The van der Waals surface area contributed by atoms with Crippen LogP contribution in [0, 0.1) is 10.8 Å². The lowest BCUT2D eigenvalue weighted by atomic mass is 9.94. The topological polar surface area (TPSA) is 9.23 Å². The van der Waals surface area contributed by atoms with Crippen LogP contribution in [0.25, 0.3) is 0 Å². The molecule has 0 spiro atoms. The Morgan fingerprint density at radius 3 is 2.11 bits per heavy atom. The van der Waals surface area contributed by atoms with Crippen LogP contribution in [0.4, 0.5) is 0 Å². The molecule has 0 bridgehead atoms. The van der Waals surface area contributed by atoms with Crippen LogP contribution < -0.4 is 0 Å². The van der Waals surface area contributed by atoms with E-state index in [1.807, 2.05) is 0 Å². The molecule has 1 aliphatic rings. The van der Waals surface area contributed by atoms with E-state index in [0.29, 0.717) is 10.8 Å². The molecule has 0 aromatic rings. The third kappa shape index (κ3) is 7.20. The largest absolute Gasteiger partial charge is 0.375 e. The molecule has 0 aliphatic heterocycles. The monoisotopic (exact) mass is 252 g/mol. The van der Waals surface area contributed by atoms with Crippen molar-refractivity contribution in [1.29, 1.82) is 0 Å². The lowest BCUT2D eigenvalue weighted by molar-refractivity contribution is -0.0296. The van der Waals surface area contributed by atoms with E-state index < -0.39 is 0 Å². The summed E-state index contributed by atoms with van der Waals surface area (Å²) in [6.07, 6.45) is 11.3. The summed E-state index contributed by atoms with van der Waals surface area (Å²) < 4.78 is 5.95. The third-order valence-electron chi connectivity index (χ3n) is 3.46. The number of hydrogen-bond acceptors (Lipinski definition) is 1. The molecule has 1 nitrogen and oxygen atoms in total. The molecular formula is C17H32O. The average Bonchev–Trinajstić information content (AvgIpc) is 2.93. The molecule has 1 heteroatoms.